The van der Waals surface area contributed by atoms with Crippen LogP contribution in [0.5, 0.6) is 0 Å². The Morgan fingerprint density at radius 1 is 0.949 bits per heavy atom. The molecule has 2 aliphatic rings. The zero-order chi connectivity index (χ0) is 29.0. The third-order valence-electron chi connectivity index (χ3n) is 6.89. The molecule has 1 saturated carbocycles. The predicted octanol–water partition coefficient (Wildman–Crippen LogP) is 2.13. The number of carbonyl (C=O) groups is 4. The fraction of sp³-hybridized carbons (Fsp3) is 0.692. The third kappa shape index (κ3) is 7.93. The number of esters is 1. The number of alkyl carbamates (subject to hydrolysis) is 1. The highest BCUT2D eigenvalue weighted by atomic mass is 16.6. The Kier molecular flexibility index (Phi) is 9.23. The molecule has 0 atom stereocenters. The van der Waals surface area contributed by atoms with Crippen LogP contribution in [0.25, 0.3) is 0 Å². The molecule has 0 unspecified atom stereocenters. The molecule has 2 heterocycles. The van der Waals surface area contributed by atoms with Crippen molar-refractivity contribution in [2.24, 2.45) is 5.92 Å². The number of ether oxygens (including phenoxy) is 2. The topological polar surface area (TPSA) is 152 Å². The van der Waals surface area contributed by atoms with Gasteiger partial charge in [0.05, 0.1) is 13.0 Å². The average Bonchev–Trinajstić information content (AvgIpc) is 2.86. The van der Waals surface area contributed by atoms with Crippen LogP contribution in [0.4, 0.5) is 15.4 Å². The van der Waals surface area contributed by atoms with E-state index < -0.39 is 29.0 Å². The number of carbonyl (C=O) groups excluding carboxylic acids is 4. The molecule has 1 saturated heterocycles. The molecule has 4 amide bonds. The van der Waals surface area contributed by atoms with Crippen LogP contribution in [-0.4, -0.2) is 87.8 Å². The molecule has 0 spiro atoms. The van der Waals surface area contributed by atoms with Gasteiger partial charge in [0, 0.05) is 38.4 Å². The number of piperazine rings is 1. The molecule has 3 rings (SSSR count). The lowest BCUT2D eigenvalue weighted by Crippen LogP contribution is -2.60. The van der Waals surface area contributed by atoms with E-state index in [1.54, 1.807) is 61.2 Å². The average molecular weight is 549 g/mol. The van der Waals surface area contributed by atoms with Crippen LogP contribution in [-0.2, 0) is 19.1 Å². The zero-order valence-corrected chi connectivity index (χ0v) is 23.6. The predicted molar refractivity (Wildman–Crippen MR) is 142 cm³/mol. The largest absolute Gasteiger partial charge is 0.469 e. The standard InChI is InChI=1S/C26H40N6O7/c1-25(2,3)39-24(37)29-26(4,5)21(34)30-13-15-31(16-14-30)22(35)27-19-11-12-32(23(36)28-19)18-9-7-17(8-10-18)20(33)38-6/h11-12,17-18H,7-10,13-16H2,1-6H3,(H,29,37)(H,27,28,35,36)/t17-,18-. The maximum absolute atomic E-state index is 13.0. The van der Waals surface area contributed by atoms with Crippen LogP contribution in [0, 0.1) is 5.92 Å². The molecule has 0 bridgehead atoms. The molecule has 0 radical (unpaired) electrons. The van der Waals surface area contributed by atoms with Crippen molar-refractivity contribution in [1.82, 2.24) is 24.7 Å². The van der Waals surface area contributed by atoms with Gasteiger partial charge in [0.25, 0.3) is 0 Å². The molecule has 216 valence electrons. The van der Waals surface area contributed by atoms with Crippen molar-refractivity contribution in [3.8, 4) is 0 Å². The minimum Gasteiger partial charge on any atom is -0.469 e. The van der Waals surface area contributed by atoms with E-state index in [2.05, 4.69) is 15.6 Å². The molecule has 1 aromatic heterocycles. The van der Waals surface area contributed by atoms with E-state index in [9.17, 15) is 24.0 Å². The summed E-state index contributed by atoms with van der Waals surface area (Å²) in [6.45, 7) is 9.57. The van der Waals surface area contributed by atoms with E-state index >= 15 is 0 Å². The molecule has 39 heavy (non-hydrogen) atoms. The number of rotatable bonds is 5. The number of hydrogen-bond donors (Lipinski definition) is 2. The van der Waals surface area contributed by atoms with Gasteiger partial charge in [0.2, 0.25) is 5.91 Å². The fourth-order valence-electron chi connectivity index (χ4n) is 4.83. The van der Waals surface area contributed by atoms with Gasteiger partial charge in [-0.05, 0) is 66.4 Å². The number of amides is 4. The van der Waals surface area contributed by atoms with Gasteiger partial charge < -0.3 is 24.6 Å². The van der Waals surface area contributed by atoms with Crippen molar-refractivity contribution >= 4 is 29.8 Å². The molecule has 1 aromatic rings. The van der Waals surface area contributed by atoms with Crippen LogP contribution in [0.15, 0.2) is 17.1 Å². The summed E-state index contributed by atoms with van der Waals surface area (Å²) >= 11 is 0. The number of hydrogen-bond acceptors (Lipinski definition) is 8. The summed E-state index contributed by atoms with van der Waals surface area (Å²) in [4.78, 5) is 69.5. The summed E-state index contributed by atoms with van der Waals surface area (Å²) in [5.74, 6) is -0.495. The van der Waals surface area contributed by atoms with Crippen LogP contribution in [0.2, 0.25) is 0 Å². The number of methoxy groups -OCH3 is 1. The highest BCUT2D eigenvalue weighted by Gasteiger charge is 2.37. The Morgan fingerprint density at radius 2 is 1.54 bits per heavy atom. The number of nitrogens with zero attached hydrogens (tertiary/aromatic N) is 4. The summed E-state index contributed by atoms with van der Waals surface area (Å²) in [6.07, 6.45) is 3.56. The Balaban J connectivity index is 1.50. The minimum absolute atomic E-state index is 0.0599. The lowest BCUT2D eigenvalue weighted by molar-refractivity contribution is -0.146. The second-order valence-corrected chi connectivity index (χ2v) is 11.5. The van der Waals surface area contributed by atoms with Crippen LogP contribution >= 0.6 is 0 Å². The monoisotopic (exact) mass is 548 g/mol. The van der Waals surface area contributed by atoms with Crippen LogP contribution in [0.1, 0.15) is 66.3 Å². The number of anilines is 1. The van der Waals surface area contributed by atoms with Gasteiger partial charge in [0.1, 0.15) is 17.0 Å². The van der Waals surface area contributed by atoms with Crippen molar-refractivity contribution in [2.45, 2.75) is 77.5 Å². The van der Waals surface area contributed by atoms with Crippen molar-refractivity contribution in [3.05, 3.63) is 22.7 Å². The maximum atomic E-state index is 13.0. The highest BCUT2D eigenvalue weighted by molar-refractivity contribution is 5.90. The Bertz CT molecular complexity index is 1130. The van der Waals surface area contributed by atoms with Crippen molar-refractivity contribution < 1.29 is 28.7 Å². The normalized spacial score (nSPS) is 20.2. The van der Waals surface area contributed by atoms with Gasteiger partial charge in [-0.15, -0.1) is 0 Å². The zero-order valence-electron chi connectivity index (χ0n) is 23.6. The van der Waals surface area contributed by atoms with Crippen molar-refractivity contribution in [1.29, 1.82) is 0 Å². The SMILES string of the molecule is COC(=O)[C@H]1CC[C@H](n2ccc(NC(=O)N3CCN(C(=O)C(C)(C)NC(=O)OC(C)(C)C)CC3)nc2=O)CC1. The lowest BCUT2D eigenvalue weighted by atomic mass is 9.86. The summed E-state index contributed by atoms with van der Waals surface area (Å²) < 4.78 is 11.6. The fourth-order valence-corrected chi connectivity index (χ4v) is 4.83. The molecule has 13 nitrogen and oxygen atoms in total. The summed E-state index contributed by atoms with van der Waals surface area (Å²) in [5, 5.41) is 5.27. The van der Waals surface area contributed by atoms with Crippen molar-refractivity contribution in [3.63, 3.8) is 0 Å². The Labute approximate surface area is 228 Å². The lowest BCUT2D eigenvalue weighted by Gasteiger charge is -2.38. The molecular weight excluding hydrogens is 508 g/mol. The van der Waals surface area contributed by atoms with E-state index in [4.69, 9.17) is 9.47 Å². The van der Waals surface area contributed by atoms with Gasteiger partial charge >= 0.3 is 23.8 Å². The van der Waals surface area contributed by atoms with E-state index in [1.807, 2.05) is 0 Å². The van der Waals surface area contributed by atoms with Gasteiger partial charge in [0.15, 0.2) is 0 Å². The molecule has 13 heteroatoms. The summed E-state index contributed by atoms with van der Waals surface area (Å²) in [5.41, 5.74) is -2.34. The highest BCUT2D eigenvalue weighted by Crippen LogP contribution is 2.32. The molecule has 1 aliphatic heterocycles. The van der Waals surface area contributed by atoms with Crippen molar-refractivity contribution in [2.75, 3.05) is 38.6 Å². The quantitative estimate of drug-likeness (QED) is 0.531. The number of aromatic nitrogens is 2. The molecule has 1 aliphatic carbocycles. The summed E-state index contributed by atoms with van der Waals surface area (Å²) in [7, 11) is 1.38. The Hall–Kier alpha value is -3.64. The maximum Gasteiger partial charge on any atom is 0.408 e. The van der Waals surface area contributed by atoms with E-state index in [0.717, 1.165) is 0 Å². The minimum atomic E-state index is -1.18. The first-order valence-electron chi connectivity index (χ1n) is 13.2. The third-order valence-corrected chi connectivity index (χ3v) is 6.89. The van der Waals surface area contributed by atoms with E-state index in [0.29, 0.717) is 25.7 Å². The van der Waals surface area contributed by atoms with Gasteiger partial charge in [-0.1, -0.05) is 0 Å². The second kappa shape index (κ2) is 12.0. The van der Waals surface area contributed by atoms with Crippen LogP contribution < -0.4 is 16.3 Å². The first kappa shape index (κ1) is 29.9. The van der Waals surface area contributed by atoms with Crippen LogP contribution in [0.3, 0.4) is 0 Å². The van der Waals surface area contributed by atoms with Gasteiger partial charge in [-0.3, -0.25) is 19.5 Å². The number of urea groups is 1. The Morgan fingerprint density at radius 3 is 2.08 bits per heavy atom. The van der Waals surface area contributed by atoms with Gasteiger partial charge in [-0.25, -0.2) is 14.4 Å². The first-order chi connectivity index (χ1) is 18.2. The van der Waals surface area contributed by atoms with E-state index in [-0.39, 0.29) is 55.8 Å². The smallest absolute Gasteiger partial charge is 0.408 e. The molecule has 2 fully saturated rings. The molecule has 0 aromatic carbocycles. The molecule has 2 N–H and O–H groups in total. The van der Waals surface area contributed by atoms with E-state index in [1.165, 1.54) is 7.11 Å². The number of nitrogens with one attached hydrogen (secondary N) is 2. The first-order valence-corrected chi connectivity index (χ1v) is 13.2. The van der Waals surface area contributed by atoms with Gasteiger partial charge in [-0.2, -0.15) is 4.98 Å². The second-order valence-electron chi connectivity index (χ2n) is 11.5. The summed E-state index contributed by atoms with van der Waals surface area (Å²) in [6, 6.07) is 1.10. The molecular formula is C26H40N6O7.